The largest absolute Gasteiger partial charge is 0.357 e. The Kier molecular flexibility index (Phi) is 7.31. The first-order valence-electron chi connectivity index (χ1n) is 10.4. The summed E-state index contributed by atoms with van der Waals surface area (Å²) in [6, 6.07) is 10.6. The van der Waals surface area contributed by atoms with E-state index in [9.17, 15) is 0 Å². The number of nitrogens with zero attached hydrogens (tertiary/aromatic N) is 3. The van der Waals surface area contributed by atoms with Crippen LogP contribution < -0.4 is 15.5 Å². The summed E-state index contributed by atoms with van der Waals surface area (Å²) in [7, 11) is 0. The van der Waals surface area contributed by atoms with Crippen LogP contribution in [0.5, 0.6) is 0 Å². The van der Waals surface area contributed by atoms with E-state index in [1.54, 1.807) is 11.3 Å². The van der Waals surface area contributed by atoms with E-state index in [1.807, 2.05) is 0 Å². The van der Waals surface area contributed by atoms with Gasteiger partial charge in [0.1, 0.15) is 0 Å². The lowest BCUT2D eigenvalue weighted by Gasteiger charge is -2.23. The highest BCUT2D eigenvalue weighted by molar-refractivity contribution is 7.13. The molecule has 1 saturated heterocycles. The van der Waals surface area contributed by atoms with Crippen LogP contribution in [0.2, 0.25) is 0 Å². The zero-order chi connectivity index (χ0) is 19.8. The van der Waals surface area contributed by atoms with Gasteiger partial charge in [-0.15, -0.1) is 11.3 Å². The van der Waals surface area contributed by atoms with Crippen LogP contribution in [-0.2, 0) is 11.8 Å². The molecule has 2 N–H and O–H groups in total. The predicted molar refractivity (Wildman–Crippen MR) is 121 cm³/mol. The number of nitrogens with one attached hydrogen (secondary N) is 2. The summed E-state index contributed by atoms with van der Waals surface area (Å²) in [5.74, 6) is 0.876. The summed E-state index contributed by atoms with van der Waals surface area (Å²) in [5.41, 5.74) is 2.48. The minimum absolute atomic E-state index is 0.00313. The van der Waals surface area contributed by atoms with Crippen LogP contribution in [0.25, 0.3) is 0 Å². The van der Waals surface area contributed by atoms with Crippen LogP contribution in [0, 0.1) is 0 Å². The molecule has 0 saturated carbocycles. The van der Waals surface area contributed by atoms with Crippen molar-refractivity contribution in [3.63, 3.8) is 0 Å². The number of thiazole rings is 1. The Labute approximate surface area is 173 Å². The third-order valence-electron chi connectivity index (χ3n) is 5.12. The lowest BCUT2D eigenvalue weighted by atomic mass is 9.85. The van der Waals surface area contributed by atoms with Gasteiger partial charge in [0, 0.05) is 43.4 Å². The van der Waals surface area contributed by atoms with Crippen molar-refractivity contribution in [1.29, 1.82) is 0 Å². The second-order valence-corrected chi connectivity index (χ2v) is 8.77. The Morgan fingerprint density at radius 2 is 1.93 bits per heavy atom. The van der Waals surface area contributed by atoms with Crippen molar-refractivity contribution in [3.05, 3.63) is 47.0 Å². The zero-order valence-electron chi connectivity index (χ0n) is 17.4. The average molecular weight is 400 g/mol. The molecule has 2 heterocycles. The van der Waals surface area contributed by atoms with Crippen molar-refractivity contribution in [1.82, 2.24) is 15.6 Å². The molecule has 2 aromatic rings. The maximum atomic E-state index is 4.83. The molecule has 0 spiro atoms. The summed E-state index contributed by atoms with van der Waals surface area (Å²) >= 11 is 1.77. The summed E-state index contributed by atoms with van der Waals surface area (Å²) in [6.07, 6.45) is 3.49. The number of hydrogen-bond donors (Lipinski definition) is 2. The van der Waals surface area contributed by atoms with E-state index >= 15 is 0 Å². The summed E-state index contributed by atoms with van der Waals surface area (Å²) in [5, 5.41) is 10.2. The molecule has 0 aliphatic carbocycles. The van der Waals surface area contributed by atoms with Crippen molar-refractivity contribution in [2.75, 3.05) is 37.6 Å². The Hall–Kier alpha value is -2.08. The van der Waals surface area contributed by atoms with E-state index < -0.39 is 0 Å². The predicted octanol–water partition coefficient (Wildman–Crippen LogP) is 3.82. The molecule has 152 valence electrons. The maximum absolute atomic E-state index is 4.83. The fraction of sp³-hybridized carbons (Fsp3) is 0.545. The highest BCUT2D eigenvalue weighted by Crippen LogP contribution is 2.24. The van der Waals surface area contributed by atoms with Crippen LogP contribution >= 0.6 is 11.3 Å². The normalized spacial score (nSPS) is 15.1. The second-order valence-electron chi connectivity index (χ2n) is 7.94. The fourth-order valence-electron chi connectivity index (χ4n) is 3.37. The number of hydrogen-bond acceptors (Lipinski definition) is 4. The lowest BCUT2D eigenvalue weighted by molar-refractivity contribution is 0.537. The van der Waals surface area contributed by atoms with Gasteiger partial charge in [-0.3, -0.25) is 4.99 Å². The monoisotopic (exact) mass is 399 g/mol. The minimum atomic E-state index is 0.00313. The minimum Gasteiger partial charge on any atom is -0.357 e. The average Bonchev–Trinajstić information content (AvgIpc) is 3.39. The Bertz CT molecular complexity index is 747. The molecule has 0 radical (unpaired) electrons. The molecule has 1 fully saturated rings. The van der Waals surface area contributed by atoms with E-state index in [0.29, 0.717) is 0 Å². The Balaban J connectivity index is 1.52. The number of rotatable bonds is 8. The van der Waals surface area contributed by atoms with E-state index in [-0.39, 0.29) is 5.41 Å². The standard InChI is InChI=1S/C22H33N5S/c1-4-23-20(25-17-22(2,3)18-10-6-5-7-11-18)24-13-12-19-16-28-21(26-19)27-14-8-9-15-27/h5-7,10-11,16H,4,8-9,12-15,17H2,1-3H3,(H2,23,24,25). The molecule has 1 aliphatic rings. The summed E-state index contributed by atoms with van der Waals surface area (Å²) in [4.78, 5) is 12.0. The number of benzene rings is 1. The lowest BCUT2D eigenvalue weighted by Crippen LogP contribution is -2.39. The molecule has 3 rings (SSSR count). The maximum Gasteiger partial charge on any atom is 0.191 e. The van der Waals surface area contributed by atoms with Gasteiger partial charge in [-0.05, 0) is 25.3 Å². The van der Waals surface area contributed by atoms with Gasteiger partial charge in [-0.25, -0.2) is 4.98 Å². The molecule has 0 atom stereocenters. The first-order valence-corrected chi connectivity index (χ1v) is 11.2. The summed E-state index contributed by atoms with van der Waals surface area (Å²) < 4.78 is 0. The van der Waals surface area contributed by atoms with E-state index in [2.05, 4.69) is 72.0 Å². The molecule has 0 bridgehead atoms. The molecule has 28 heavy (non-hydrogen) atoms. The molecule has 1 aromatic carbocycles. The quantitative estimate of drug-likeness (QED) is 0.523. The SMILES string of the molecule is CCNC(=NCC(C)(C)c1ccccc1)NCCc1csc(N2CCCC2)n1. The van der Waals surface area contributed by atoms with Crippen molar-refractivity contribution in [3.8, 4) is 0 Å². The molecule has 6 heteroatoms. The van der Waals surface area contributed by atoms with Crippen molar-refractivity contribution >= 4 is 22.4 Å². The van der Waals surface area contributed by atoms with E-state index in [0.717, 1.165) is 45.1 Å². The molecular formula is C22H33N5S. The Morgan fingerprint density at radius 1 is 1.18 bits per heavy atom. The van der Waals surface area contributed by atoms with Crippen molar-refractivity contribution in [2.45, 2.75) is 45.4 Å². The number of anilines is 1. The molecule has 0 amide bonds. The highest BCUT2D eigenvalue weighted by Gasteiger charge is 2.20. The van der Waals surface area contributed by atoms with E-state index in [1.165, 1.54) is 29.2 Å². The highest BCUT2D eigenvalue weighted by atomic mass is 32.1. The van der Waals surface area contributed by atoms with Gasteiger partial charge in [-0.1, -0.05) is 44.2 Å². The zero-order valence-corrected chi connectivity index (χ0v) is 18.2. The molecular weight excluding hydrogens is 366 g/mol. The first kappa shape index (κ1) is 20.6. The van der Waals surface area contributed by atoms with Crippen LogP contribution in [0.15, 0.2) is 40.7 Å². The number of aliphatic imine (C=N–C) groups is 1. The van der Waals surface area contributed by atoms with Crippen LogP contribution in [0.4, 0.5) is 5.13 Å². The smallest absolute Gasteiger partial charge is 0.191 e. The second kappa shape index (κ2) is 9.92. The van der Waals surface area contributed by atoms with Gasteiger partial charge in [0.2, 0.25) is 0 Å². The third-order valence-corrected chi connectivity index (χ3v) is 6.07. The van der Waals surface area contributed by atoms with Crippen molar-refractivity contribution in [2.24, 2.45) is 4.99 Å². The topological polar surface area (TPSA) is 52.6 Å². The van der Waals surface area contributed by atoms with Crippen LogP contribution in [0.3, 0.4) is 0 Å². The Morgan fingerprint density at radius 3 is 2.64 bits per heavy atom. The molecule has 1 aromatic heterocycles. The van der Waals surface area contributed by atoms with Gasteiger partial charge >= 0.3 is 0 Å². The van der Waals surface area contributed by atoms with Crippen molar-refractivity contribution < 1.29 is 0 Å². The van der Waals surface area contributed by atoms with Crippen LogP contribution in [-0.4, -0.2) is 43.7 Å². The van der Waals surface area contributed by atoms with Gasteiger partial charge in [-0.2, -0.15) is 0 Å². The van der Waals surface area contributed by atoms with Gasteiger partial charge in [0.25, 0.3) is 0 Å². The number of guanidine groups is 1. The molecule has 0 unspecified atom stereocenters. The molecule has 1 aliphatic heterocycles. The van der Waals surface area contributed by atoms with Crippen LogP contribution in [0.1, 0.15) is 44.9 Å². The summed E-state index contributed by atoms with van der Waals surface area (Å²) in [6.45, 7) is 11.3. The number of aromatic nitrogens is 1. The van der Waals surface area contributed by atoms with Gasteiger partial charge in [0.15, 0.2) is 11.1 Å². The third kappa shape index (κ3) is 5.71. The van der Waals surface area contributed by atoms with E-state index in [4.69, 9.17) is 9.98 Å². The van der Waals surface area contributed by atoms with Gasteiger partial charge < -0.3 is 15.5 Å². The van der Waals surface area contributed by atoms with Gasteiger partial charge in [0.05, 0.1) is 12.2 Å². The fourth-order valence-corrected chi connectivity index (χ4v) is 4.29. The first-order chi connectivity index (χ1) is 13.6. The molecule has 5 nitrogen and oxygen atoms in total.